The van der Waals surface area contributed by atoms with Crippen molar-refractivity contribution in [3.63, 3.8) is 0 Å². The van der Waals surface area contributed by atoms with Crippen LogP contribution in [0.1, 0.15) is 32.3 Å². The second-order valence-corrected chi connectivity index (χ2v) is 4.93. The monoisotopic (exact) mass is 252 g/mol. The first kappa shape index (κ1) is 14.8. The predicted octanol–water partition coefficient (Wildman–Crippen LogP) is 3.39. The predicted molar refractivity (Wildman–Crippen MR) is 70.0 cm³/mol. The van der Waals surface area contributed by atoms with Gasteiger partial charge in [0, 0.05) is 13.0 Å². The van der Waals surface area contributed by atoms with Gasteiger partial charge in [-0.3, -0.25) is 4.79 Å². The molecule has 3 heteroatoms. The molecule has 0 spiro atoms. The van der Waals surface area contributed by atoms with Crippen LogP contribution in [0.25, 0.3) is 0 Å². The van der Waals surface area contributed by atoms with Crippen LogP contribution >= 0.6 is 0 Å². The second-order valence-electron chi connectivity index (χ2n) is 4.93. The maximum absolute atomic E-state index is 12.7. The zero-order chi connectivity index (χ0) is 13.4. The lowest BCUT2D eigenvalue weighted by Gasteiger charge is -2.05. The molecule has 0 aliphatic carbocycles. The highest BCUT2D eigenvalue weighted by Crippen LogP contribution is 2.05. The Morgan fingerprint density at radius 3 is 2.56 bits per heavy atom. The summed E-state index contributed by atoms with van der Waals surface area (Å²) in [5, 5.41) is 0. The summed E-state index contributed by atoms with van der Waals surface area (Å²) in [5.74, 6) is 0.422. The molecule has 0 N–H and O–H groups in total. The molecule has 0 atom stereocenters. The van der Waals surface area contributed by atoms with E-state index in [1.165, 1.54) is 12.1 Å². The largest absolute Gasteiger partial charge is 0.374 e. The zero-order valence-corrected chi connectivity index (χ0v) is 11.1. The molecule has 0 fully saturated rings. The van der Waals surface area contributed by atoms with Crippen LogP contribution in [-0.2, 0) is 16.0 Å². The number of carbonyl (C=O) groups is 1. The highest BCUT2D eigenvalue weighted by atomic mass is 19.1. The fraction of sp³-hybridized carbons (Fsp3) is 0.533. The van der Waals surface area contributed by atoms with Gasteiger partial charge >= 0.3 is 0 Å². The molecule has 0 bridgehead atoms. The number of hydrogen-bond acceptors (Lipinski definition) is 2. The van der Waals surface area contributed by atoms with E-state index in [-0.39, 0.29) is 18.2 Å². The van der Waals surface area contributed by atoms with Crippen LogP contribution in [0.15, 0.2) is 24.3 Å². The molecular weight excluding hydrogens is 231 g/mol. The van der Waals surface area contributed by atoms with Crippen LogP contribution in [0, 0.1) is 11.7 Å². The molecule has 2 nitrogen and oxygen atoms in total. The van der Waals surface area contributed by atoms with Crippen molar-refractivity contribution < 1.29 is 13.9 Å². The topological polar surface area (TPSA) is 26.3 Å². The molecule has 1 aromatic rings. The van der Waals surface area contributed by atoms with Crippen molar-refractivity contribution in [2.45, 2.75) is 33.1 Å². The first-order chi connectivity index (χ1) is 8.58. The van der Waals surface area contributed by atoms with Crippen molar-refractivity contribution >= 4 is 5.78 Å². The minimum absolute atomic E-state index is 0.0335. The summed E-state index contributed by atoms with van der Waals surface area (Å²) in [4.78, 5) is 11.6. The Bertz CT molecular complexity index is 357. The Hall–Kier alpha value is -1.22. The van der Waals surface area contributed by atoms with Crippen LogP contribution < -0.4 is 0 Å². The van der Waals surface area contributed by atoms with Gasteiger partial charge in [0.05, 0.1) is 0 Å². The Kier molecular flexibility index (Phi) is 6.58. The summed E-state index contributed by atoms with van der Waals surface area (Å²) in [6, 6.07) is 6.00. The molecule has 0 radical (unpaired) electrons. The number of rotatable bonds is 8. The second kappa shape index (κ2) is 7.98. The number of benzene rings is 1. The lowest BCUT2D eigenvalue weighted by atomic mass is 10.1. The summed E-state index contributed by atoms with van der Waals surface area (Å²) in [6.45, 7) is 5.11. The van der Waals surface area contributed by atoms with Gasteiger partial charge in [0.2, 0.25) is 0 Å². The van der Waals surface area contributed by atoms with Crippen LogP contribution in [0.4, 0.5) is 4.39 Å². The van der Waals surface area contributed by atoms with Crippen molar-refractivity contribution in [2.24, 2.45) is 5.92 Å². The van der Waals surface area contributed by atoms with Crippen LogP contribution in [0.2, 0.25) is 0 Å². The molecular formula is C15H21FO2. The number of ether oxygens (including phenoxy) is 1. The summed E-state index contributed by atoms with van der Waals surface area (Å²) < 4.78 is 18.0. The van der Waals surface area contributed by atoms with Gasteiger partial charge in [-0.25, -0.2) is 4.39 Å². The smallest absolute Gasteiger partial charge is 0.162 e. The fourth-order valence-electron chi connectivity index (χ4n) is 1.66. The average Bonchev–Trinajstić information content (AvgIpc) is 2.31. The molecule has 0 aliphatic rings. The summed E-state index contributed by atoms with van der Waals surface area (Å²) in [6.07, 6.45) is 2.41. The number of Topliss-reactive ketones (excluding diaryl/α,β-unsaturated/α-hetero) is 1. The van der Waals surface area contributed by atoms with Crippen LogP contribution in [0.3, 0.4) is 0 Å². The Balaban J connectivity index is 2.16. The first-order valence-electron chi connectivity index (χ1n) is 6.42. The van der Waals surface area contributed by atoms with Gasteiger partial charge in [0.25, 0.3) is 0 Å². The maximum Gasteiger partial charge on any atom is 0.162 e. The highest BCUT2D eigenvalue weighted by molar-refractivity contribution is 5.82. The standard InChI is InChI=1S/C15H21FO2/c1-12(2)4-3-9-18-11-15(17)10-13-5-7-14(16)8-6-13/h5-8,12H,3-4,9-11H2,1-2H3. The van der Waals surface area contributed by atoms with E-state index in [4.69, 9.17) is 4.74 Å². The van der Waals surface area contributed by atoms with E-state index in [1.54, 1.807) is 12.1 Å². The van der Waals surface area contributed by atoms with E-state index in [1.807, 2.05) is 0 Å². The highest BCUT2D eigenvalue weighted by Gasteiger charge is 2.04. The fourth-order valence-corrected chi connectivity index (χ4v) is 1.66. The van der Waals surface area contributed by atoms with Gasteiger partial charge in [-0.1, -0.05) is 26.0 Å². The van der Waals surface area contributed by atoms with Crippen molar-refractivity contribution in [1.82, 2.24) is 0 Å². The SMILES string of the molecule is CC(C)CCCOCC(=O)Cc1ccc(F)cc1. The molecule has 0 aliphatic heterocycles. The summed E-state index contributed by atoms with van der Waals surface area (Å²) in [7, 11) is 0. The lowest BCUT2D eigenvalue weighted by Crippen LogP contribution is -2.12. The van der Waals surface area contributed by atoms with Crippen molar-refractivity contribution in [1.29, 1.82) is 0 Å². The zero-order valence-electron chi connectivity index (χ0n) is 11.1. The van der Waals surface area contributed by atoms with Gasteiger partial charge in [0.15, 0.2) is 5.78 Å². The first-order valence-corrected chi connectivity index (χ1v) is 6.42. The molecule has 0 amide bonds. The van der Waals surface area contributed by atoms with E-state index >= 15 is 0 Å². The van der Waals surface area contributed by atoms with E-state index in [9.17, 15) is 9.18 Å². The van der Waals surface area contributed by atoms with Crippen LogP contribution in [0.5, 0.6) is 0 Å². The summed E-state index contributed by atoms with van der Waals surface area (Å²) >= 11 is 0. The molecule has 100 valence electrons. The number of carbonyl (C=O) groups excluding carboxylic acids is 1. The van der Waals surface area contributed by atoms with E-state index in [2.05, 4.69) is 13.8 Å². The minimum Gasteiger partial charge on any atom is -0.374 e. The number of hydrogen-bond donors (Lipinski definition) is 0. The van der Waals surface area contributed by atoms with Gasteiger partial charge in [-0.2, -0.15) is 0 Å². The summed E-state index contributed by atoms with van der Waals surface area (Å²) in [5.41, 5.74) is 0.826. The van der Waals surface area contributed by atoms with Crippen LogP contribution in [-0.4, -0.2) is 19.0 Å². The lowest BCUT2D eigenvalue weighted by molar-refractivity contribution is -0.123. The molecule has 0 heterocycles. The molecule has 1 aromatic carbocycles. The van der Waals surface area contributed by atoms with Crippen molar-refractivity contribution in [3.8, 4) is 0 Å². The molecule has 0 unspecified atom stereocenters. The van der Waals surface area contributed by atoms with Crippen molar-refractivity contribution in [2.75, 3.05) is 13.2 Å². The average molecular weight is 252 g/mol. The quantitative estimate of drug-likeness (QED) is 0.663. The normalized spacial score (nSPS) is 10.9. The Labute approximate surface area is 108 Å². The molecule has 0 saturated heterocycles. The third kappa shape index (κ3) is 6.50. The number of ketones is 1. The van der Waals surface area contributed by atoms with E-state index < -0.39 is 0 Å². The maximum atomic E-state index is 12.7. The van der Waals surface area contributed by atoms with E-state index in [0.29, 0.717) is 18.9 Å². The third-order valence-electron chi connectivity index (χ3n) is 2.65. The van der Waals surface area contributed by atoms with E-state index in [0.717, 1.165) is 18.4 Å². The minimum atomic E-state index is -0.281. The van der Waals surface area contributed by atoms with Crippen molar-refractivity contribution in [3.05, 3.63) is 35.6 Å². The van der Waals surface area contributed by atoms with Gasteiger partial charge in [0.1, 0.15) is 12.4 Å². The Morgan fingerprint density at radius 2 is 1.94 bits per heavy atom. The Morgan fingerprint density at radius 1 is 1.28 bits per heavy atom. The van der Waals surface area contributed by atoms with Gasteiger partial charge in [-0.05, 0) is 36.5 Å². The molecule has 0 saturated carbocycles. The molecule has 0 aromatic heterocycles. The molecule has 18 heavy (non-hydrogen) atoms. The molecule has 1 rings (SSSR count). The third-order valence-corrected chi connectivity index (χ3v) is 2.65. The van der Waals surface area contributed by atoms with Gasteiger partial charge in [-0.15, -0.1) is 0 Å². The number of halogens is 1. The van der Waals surface area contributed by atoms with Gasteiger partial charge < -0.3 is 4.74 Å².